The Bertz CT molecular complexity index is 598. The Morgan fingerprint density at radius 1 is 1.53 bits per heavy atom. The van der Waals surface area contributed by atoms with Gasteiger partial charge in [-0.2, -0.15) is 0 Å². The third-order valence-electron chi connectivity index (χ3n) is 2.53. The number of carboxylic acids is 1. The molecule has 0 fully saturated rings. The highest BCUT2D eigenvalue weighted by Gasteiger charge is 2.10. The summed E-state index contributed by atoms with van der Waals surface area (Å²) in [5.74, 6) is -0.936. The Kier molecular flexibility index (Phi) is 4.55. The van der Waals surface area contributed by atoms with Crippen LogP contribution < -0.4 is 5.32 Å². The third-order valence-corrected chi connectivity index (χ3v) is 4.05. The number of hydrogen-bond donors (Lipinski definition) is 2. The van der Waals surface area contributed by atoms with Gasteiger partial charge in [0.25, 0.3) is 0 Å². The number of nitrogens with zero attached hydrogens (tertiary/aromatic N) is 1. The van der Waals surface area contributed by atoms with E-state index in [0.717, 1.165) is 21.6 Å². The van der Waals surface area contributed by atoms with E-state index in [1.54, 1.807) is 23.5 Å². The van der Waals surface area contributed by atoms with Gasteiger partial charge in [-0.05, 0) is 25.1 Å². The van der Waals surface area contributed by atoms with Crippen molar-refractivity contribution in [1.29, 1.82) is 0 Å². The minimum Gasteiger partial charge on any atom is -0.478 e. The molecule has 4 nitrogen and oxygen atoms in total. The standard InChI is InChI=1S/C13H13BrN2O2S/c1-8-7-19-12(16-8)4-5-15-11-3-2-9(14)6-10(11)13(17)18/h2-3,6-7,15H,4-5H2,1H3,(H,17,18). The summed E-state index contributed by atoms with van der Waals surface area (Å²) in [6.07, 6.45) is 0.785. The number of anilines is 1. The van der Waals surface area contributed by atoms with Gasteiger partial charge in [0, 0.05) is 34.2 Å². The summed E-state index contributed by atoms with van der Waals surface area (Å²) in [4.78, 5) is 15.5. The fourth-order valence-corrected chi connectivity index (χ4v) is 2.81. The predicted octanol–water partition coefficient (Wildman–Crippen LogP) is 3.57. The van der Waals surface area contributed by atoms with Gasteiger partial charge in [0.2, 0.25) is 0 Å². The highest BCUT2D eigenvalue weighted by Crippen LogP contribution is 2.21. The molecule has 1 heterocycles. The molecule has 0 amide bonds. The summed E-state index contributed by atoms with van der Waals surface area (Å²) in [6.45, 7) is 2.62. The van der Waals surface area contributed by atoms with E-state index >= 15 is 0 Å². The molecule has 19 heavy (non-hydrogen) atoms. The van der Waals surface area contributed by atoms with E-state index < -0.39 is 5.97 Å². The van der Waals surface area contributed by atoms with E-state index in [9.17, 15) is 4.79 Å². The number of rotatable bonds is 5. The van der Waals surface area contributed by atoms with E-state index in [-0.39, 0.29) is 5.56 Å². The Morgan fingerprint density at radius 2 is 2.32 bits per heavy atom. The van der Waals surface area contributed by atoms with Crippen LogP contribution >= 0.6 is 27.3 Å². The lowest BCUT2D eigenvalue weighted by atomic mass is 10.2. The first-order chi connectivity index (χ1) is 9.06. The van der Waals surface area contributed by atoms with Crippen molar-refractivity contribution in [3.05, 3.63) is 44.3 Å². The second kappa shape index (κ2) is 6.16. The lowest BCUT2D eigenvalue weighted by Gasteiger charge is -2.09. The highest BCUT2D eigenvalue weighted by atomic mass is 79.9. The van der Waals surface area contributed by atoms with Gasteiger partial charge in [0.15, 0.2) is 0 Å². The second-order valence-electron chi connectivity index (χ2n) is 4.05. The number of carboxylic acid groups (broad SMARTS) is 1. The van der Waals surface area contributed by atoms with Crippen molar-refractivity contribution >= 4 is 38.9 Å². The number of aromatic carboxylic acids is 1. The molecule has 0 atom stereocenters. The Hall–Kier alpha value is -1.40. The number of nitrogens with one attached hydrogen (secondary N) is 1. The van der Waals surface area contributed by atoms with Crippen LogP contribution in [0.1, 0.15) is 21.1 Å². The van der Waals surface area contributed by atoms with Gasteiger partial charge in [-0.1, -0.05) is 15.9 Å². The van der Waals surface area contributed by atoms with E-state index in [1.165, 1.54) is 0 Å². The Morgan fingerprint density at radius 3 is 2.95 bits per heavy atom. The van der Waals surface area contributed by atoms with Crippen molar-refractivity contribution in [2.45, 2.75) is 13.3 Å². The van der Waals surface area contributed by atoms with Crippen molar-refractivity contribution in [3.8, 4) is 0 Å². The highest BCUT2D eigenvalue weighted by molar-refractivity contribution is 9.10. The lowest BCUT2D eigenvalue weighted by Crippen LogP contribution is -2.09. The van der Waals surface area contributed by atoms with Crippen LogP contribution in [0.3, 0.4) is 0 Å². The molecule has 6 heteroatoms. The third kappa shape index (κ3) is 3.78. The van der Waals surface area contributed by atoms with Gasteiger partial charge in [0.1, 0.15) is 0 Å². The number of hydrogen-bond acceptors (Lipinski definition) is 4. The van der Waals surface area contributed by atoms with Crippen LogP contribution in [0.15, 0.2) is 28.1 Å². The largest absolute Gasteiger partial charge is 0.478 e. The molecule has 0 saturated heterocycles. The first-order valence-corrected chi connectivity index (χ1v) is 7.41. The number of aryl methyl sites for hydroxylation is 1. The molecule has 100 valence electrons. The first kappa shape index (κ1) is 14.0. The zero-order chi connectivity index (χ0) is 13.8. The average Bonchev–Trinajstić information content (AvgIpc) is 2.77. The zero-order valence-electron chi connectivity index (χ0n) is 10.3. The topological polar surface area (TPSA) is 62.2 Å². The Balaban J connectivity index is 2.01. The summed E-state index contributed by atoms with van der Waals surface area (Å²) in [7, 11) is 0. The van der Waals surface area contributed by atoms with Crippen molar-refractivity contribution in [1.82, 2.24) is 4.98 Å². The quantitative estimate of drug-likeness (QED) is 0.873. The van der Waals surface area contributed by atoms with Gasteiger partial charge in [-0.15, -0.1) is 11.3 Å². The molecule has 1 aromatic heterocycles. The molecule has 0 spiro atoms. The molecule has 2 rings (SSSR count). The monoisotopic (exact) mass is 340 g/mol. The number of carbonyl (C=O) groups is 1. The molecule has 0 aliphatic rings. The van der Waals surface area contributed by atoms with Gasteiger partial charge >= 0.3 is 5.97 Å². The maximum atomic E-state index is 11.1. The molecule has 0 aliphatic heterocycles. The molecule has 0 saturated carbocycles. The van der Waals surface area contributed by atoms with Crippen LogP contribution in [0.25, 0.3) is 0 Å². The predicted molar refractivity (Wildman–Crippen MR) is 80.1 cm³/mol. The molecular weight excluding hydrogens is 328 g/mol. The lowest BCUT2D eigenvalue weighted by molar-refractivity contribution is 0.0698. The number of thiazole rings is 1. The van der Waals surface area contributed by atoms with Crippen LogP contribution in [-0.4, -0.2) is 22.6 Å². The van der Waals surface area contributed by atoms with Crippen molar-refractivity contribution in [3.63, 3.8) is 0 Å². The molecule has 2 N–H and O–H groups in total. The van der Waals surface area contributed by atoms with Crippen LogP contribution in [0.2, 0.25) is 0 Å². The molecule has 2 aromatic rings. The summed E-state index contributed by atoms with van der Waals surface area (Å²) in [5.41, 5.74) is 1.92. The number of aromatic nitrogens is 1. The fourth-order valence-electron chi connectivity index (χ4n) is 1.67. The smallest absolute Gasteiger partial charge is 0.337 e. The van der Waals surface area contributed by atoms with Crippen LogP contribution in [0, 0.1) is 6.92 Å². The number of halogens is 1. The van der Waals surface area contributed by atoms with Crippen molar-refractivity contribution < 1.29 is 9.90 Å². The van der Waals surface area contributed by atoms with Crippen LogP contribution in [0.4, 0.5) is 5.69 Å². The summed E-state index contributed by atoms with van der Waals surface area (Å²) < 4.78 is 0.756. The molecule has 1 aromatic carbocycles. The van der Waals surface area contributed by atoms with E-state index in [4.69, 9.17) is 5.11 Å². The van der Waals surface area contributed by atoms with E-state index in [2.05, 4.69) is 26.2 Å². The average molecular weight is 341 g/mol. The maximum absolute atomic E-state index is 11.1. The van der Waals surface area contributed by atoms with Crippen molar-refractivity contribution in [2.75, 3.05) is 11.9 Å². The minimum absolute atomic E-state index is 0.268. The van der Waals surface area contributed by atoms with Crippen LogP contribution in [0.5, 0.6) is 0 Å². The minimum atomic E-state index is -0.936. The van der Waals surface area contributed by atoms with Gasteiger partial charge in [0.05, 0.1) is 10.6 Å². The van der Waals surface area contributed by atoms with Crippen LogP contribution in [-0.2, 0) is 6.42 Å². The molecule has 0 radical (unpaired) electrons. The molecular formula is C13H13BrN2O2S. The second-order valence-corrected chi connectivity index (χ2v) is 5.91. The fraction of sp³-hybridized carbons (Fsp3) is 0.231. The first-order valence-electron chi connectivity index (χ1n) is 5.74. The Labute approximate surface area is 123 Å². The van der Waals surface area contributed by atoms with Gasteiger partial charge < -0.3 is 10.4 Å². The molecule has 0 aliphatic carbocycles. The zero-order valence-corrected chi connectivity index (χ0v) is 12.7. The maximum Gasteiger partial charge on any atom is 0.337 e. The van der Waals surface area contributed by atoms with Crippen molar-refractivity contribution in [2.24, 2.45) is 0 Å². The normalized spacial score (nSPS) is 10.4. The summed E-state index contributed by atoms with van der Waals surface area (Å²) >= 11 is 4.90. The summed E-state index contributed by atoms with van der Waals surface area (Å²) in [6, 6.07) is 5.18. The van der Waals surface area contributed by atoms with E-state index in [0.29, 0.717) is 12.2 Å². The summed E-state index contributed by atoms with van der Waals surface area (Å²) in [5, 5.41) is 15.3. The van der Waals surface area contributed by atoms with Gasteiger partial charge in [-0.25, -0.2) is 9.78 Å². The number of benzene rings is 1. The SMILES string of the molecule is Cc1csc(CCNc2ccc(Br)cc2C(=O)O)n1. The molecule has 0 bridgehead atoms. The van der Waals surface area contributed by atoms with E-state index in [1.807, 2.05) is 18.4 Å². The molecule has 0 unspecified atom stereocenters. The van der Waals surface area contributed by atoms with Gasteiger partial charge in [-0.3, -0.25) is 0 Å².